The second-order valence-corrected chi connectivity index (χ2v) is 8.80. The van der Waals surface area contributed by atoms with Gasteiger partial charge in [0.25, 0.3) is 0 Å². The Hall–Kier alpha value is -0.380. The quantitative estimate of drug-likeness (QED) is 0.344. The molecular weight excluding hydrogens is 461 g/mol. The van der Waals surface area contributed by atoms with Crippen LogP contribution in [0.25, 0.3) is 0 Å². The SMILES string of the molecule is CN=C(NCC(C)(O)c1ccsc1)NC1C2CCOC2C12CCCC2.I. The summed E-state index contributed by atoms with van der Waals surface area (Å²) in [7, 11) is 1.80. The van der Waals surface area contributed by atoms with Gasteiger partial charge in [0.05, 0.1) is 12.6 Å². The van der Waals surface area contributed by atoms with Crippen LogP contribution in [0.5, 0.6) is 0 Å². The van der Waals surface area contributed by atoms with Crippen LogP contribution in [0.3, 0.4) is 0 Å². The number of guanidine groups is 1. The largest absolute Gasteiger partial charge is 0.384 e. The van der Waals surface area contributed by atoms with Crippen molar-refractivity contribution in [3.05, 3.63) is 22.4 Å². The molecule has 1 spiro atoms. The molecule has 4 rings (SSSR count). The Bertz CT molecular complexity index is 629. The molecule has 0 bridgehead atoms. The molecule has 0 amide bonds. The van der Waals surface area contributed by atoms with Crippen molar-refractivity contribution in [1.29, 1.82) is 0 Å². The smallest absolute Gasteiger partial charge is 0.191 e. The van der Waals surface area contributed by atoms with Gasteiger partial charge in [-0.3, -0.25) is 4.99 Å². The van der Waals surface area contributed by atoms with Crippen molar-refractivity contribution < 1.29 is 9.84 Å². The van der Waals surface area contributed by atoms with Gasteiger partial charge in [-0.2, -0.15) is 11.3 Å². The number of halogens is 1. The topological polar surface area (TPSA) is 65.9 Å². The highest BCUT2D eigenvalue weighted by Gasteiger charge is 2.65. The standard InChI is InChI=1S/C19H29N3O2S.HI/c1-18(23,13-6-10-25-11-13)12-21-17(20-2)22-15-14-5-9-24-16(14)19(15)7-3-4-8-19;/h6,10-11,14-16,23H,3-5,7-9,12H2,1-2H3,(H2,20,21,22);1H. The molecule has 2 saturated carbocycles. The summed E-state index contributed by atoms with van der Waals surface area (Å²) in [6.45, 7) is 3.18. The second-order valence-electron chi connectivity index (χ2n) is 8.02. The normalized spacial score (nSPS) is 31.7. The summed E-state index contributed by atoms with van der Waals surface area (Å²) in [5, 5.41) is 21.7. The van der Waals surface area contributed by atoms with E-state index in [2.05, 4.69) is 15.6 Å². The number of thiophene rings is 1. The average Bonchev–Trinajstić information content (AvgIpc) is 3.34. The van der Waals surface area contributed by atoms with Crippen LogP contribution in [0, 0.1) is 11.3 Å². The molecule has 3 N–H and O–H groups in total. The molecule has 26 heavy (non-hydrogen) atoms. The average molecular weight is 491 g/mol. The molecule has 146 valence electrons. The van der Waals surface area contributed by atoms with Crippen LogP contribution in [-0.4, -0.2) is 43.4 Å². The number of hydrogen-bond acceptors (Lipinski definition) is 4. The van der Waals surface area contributed by atoms with Gasteiger partial charge >= 0.3 is 0 Å². The predicted octanol–water partition coefficient (Wildman–Crippen LogP) is 3.09. The molecule has 1 aliphatic heterocycles. The van der Waals surface area contributed by atoms with Gasteiger partial charge in [0.15, 0.2) is 5.96 Å². The van der Waals surface area contributed by atoms with Crippen molar-refractivity contribution in [2.75, 3.05) is 20.2 Å². The van der Waals surface area contributed by atoms with Crippen molar-refractivity contribution in [1.82, 2.24) is 10.6 Å². The molecule has 0 radical (unpaired) electrons. The molecule has 2 heterocycles. The Kier molecular flexibility index (Phi) is 6.21. The van der Waals surface area contributed by atoms with Crippen LogP contribution < -0.4 is 10.6 Å². The van der Waals surface area contributed by atoms with Crippen LogP contribution >= 0.6 is 35.3 Å². The minimum atomic E-state index is -0.902. The van der Waals surface area contributed by atoms with Gasteiger partial charge in [0.2, 0.25) is 0 Å². The van der Waals surface area contributed by atoms with Crippen molar-refractivity contribution in [2.24, 2.45) is 16.3 Å². The van der Waals surface area contributed by atoms with Crippen LogP contribution in [0.1, 0.15) is 44.6 Å². The summed E-state index contributed by atoms with van der Waals surface area (Å²) in [5.74, 6) is 1.39. The van der Waals surface area contributed by atoms with Gasteiger partial charge in [-0.25, -0.2) is 0 Å². The number of rotatable bonds is 4. The summed E-state index contributed by atoms with van der Waals surface area (Å²) in [4.78, 5) is 4.41. The first-order chi connectivity index (χ1) is 12.1. The van der Waals surface area contributed by atoms with E-state index >= 15 is 0 Å². The van der Waals surface area contributed by atoms with E-state index in [1.54, 1.807) is 18.4 Å². The first-order valence-electron chi connectivity index (χ1n) is 9.41. The number of aliphatic imine (C=N–C) groups is 1. The highest BCUT2D eigenvalue weighted by atomic mass is 127. The van der Waals surface area contributed by atoms with E-state index in [0.29, 0.717) is 30.0 Å². The van der Waals surface area contributed by atoms with Gasteiger partial charge in [-0.15, -0.1) is 24.0 Å². The molecular formula is C19H30IN3O2S. The number of hydrogen-bond donors (Lipinski definition) is 3. The van der Waals surface area contributed by atoms with Crippen LogP contribution in [0.4, 0.5) is 0 Å². The van der Waals surface area contributed by atoms with Crippen molar-refractivity contribution in [3.8, 4) is 0 Å². The minimum Gasteiger partial charge on any atom is -0.384 e. The Labute approximate surface area is 177 Å². The van der Waals surface area contributed by atoms with E-state index in [1.807, 2.05) is 23.8 Å². The zero-order valence-electron chi connectivity index (χ0n) is 15.5. The van der Waals surface area contributed by atoms with Crippen LogP contribution in [0.2, 0.25) is 0 Å². The molecule has 0 aromatic carbocycles. The second kappa shape index (κ2) is 7.93. The highest BCUT2D eigenvalue weighted by molar-refractivity contribution is 14.0. The molecule has 1 saturated heterocycles. The maximum Gasteiger partial charge on any atom is 0.191 e. The van der Waals surface area contributed by atoms with Crippen LogP contribution in [-0.2, 0) is 10.3 Å². The Morgan fingerprint density at radius 3 is 2.88 bits per heavy atom. The molecule has 4 atom stereocenters. The maximum absolute atomic E-state index is 10.7. The fourth-order valence-corrected chi connectivity index (χ4v) is 5.96. The van der Waals surface area contributed by atoms with Gasteiger partial charge in [-0.1, -0.05) is 12.8 Å². The molecule has 5 nitrogen and oxygen atoms in total. The summed E-state index contributed by atoms with van der Waals surface area (Å²) in [6, 6.07) is 2.42. The van der Waals surface area contributed by atoms with Crippen molar-refractivity contribution in [3.63, 3.8) is 0 Å². The molecule has 1 aromatic heterocycles. The first kappa shape index (κ1) is 20.4. The molecule has 1 aromatic rings. The number of ether oxygens (including phenoxy) is 1. The summed E-state index contributed by atoms with van der Waals surface area (Å²) < 4.78 is 6.06. The van der Waals surface area contributed by atoms with Crippen LogP contribution in [0.15, 0.2) is 21.8 Å². The lowest BCUT2D eigenvalue weighted by Gasteiger charge is -2.57. The van der Waals surface area contributed by atoms with Gasteiger partial charge in [0.1, 0.15) is 5.60 Å². The lowest BCUT2D eigenvalue weighted by molar-refractivity contribution is -0.125. The van der Waals surface area contributed by atoms with E-state index < -0.39 is 5.60 Å². The van der Waals surface area contributed by atoms with Gasteiger partial charge in [0, 0.05) is 31.0 Å². The molecule has 4 unspecified atom stereocenters. The monoisotopic (exact) mass is 491 g/mol. The van der Waals surface area contributed by atoms with E-state index in [4.69, 9.17) is 4.74 Å². The molecule has 3 fully saturated rings. The highest BCUT2D eigenvalue weighted by Crippen LogP contribution is 2.60. The number of aliphatic hydroxyl groups is 1. The van der Waals surface area contributed by atoms with E-state index in [1.165, 1.54) is 25.7 Å². The van der Waals surface area contributed by atoms with Crippen molar-refractivity contribution >= 4 is 41.3 Å². The molecule has 7 heteroatoms. The number of nitrogens with one attached hydrogen (secondary N) is 2. The zero-order valence-corrected chi connectivity index (χ0v) is 18.7. The van der Waals surface area contributed by atoms with Gasteiger partial charge in [-0.05, 0) is 48.6 Å². The Morgan fingerprint density at radius 2 is 2.23 bits per heavy atom. The number of fused-ring (bicyclic) bond motifs is 2. The van der Waals surface area contributed by atoms with Gasteiger partial charge < -0.3 is 20.5 Å². The fourth-order valence-electron chi connectivity index (χ4n) is 5.17. The van der Waals surface area contributed by atoms with E-state index in [-0.39, 0.29) is 24.0 Å². The first-order valence-corrected chi connectivity index (χ1v) is 10.3. The fraction of sp³-hybridized carbons (Fsp3) is 0.737. The predicted molar refractivity (Wildman–Crippen MR) is 116 cm³/mol. The third-order valence-corrected chi connectivity index (χ3v) is 7.23. The Balaban J connectivity index is 0.00000196. The lowest BCUT2D eigenvalue weighted by Crippen LogP contribution is -2.69. The lowest BCUT2D eigenvalue weighted by atomic mass is 9.54. The third kappa shape index (κ3) is 3.40. The molecule has 3 aliphatic rings. The summed E-state index contributed by atoms with van der Waals surface area (Å²) in [5.41, 5.74) is 0.344. The summed E-state index contributed by atoms with van der Waals surface area (Å²) >= 11 is 1.61. The van der Waals surface area contributed by atoms with E-state index in [9.17, 15) is 5.11 Å². The third-order valence-electron chi connectivity index (χ3n) is 6.55. The number of nitrogens with zero attached hydrogens (tertiary/aromatic N) is 1. The molecule has 2 aliphatic carbocycles. The Morgan fingerprint density at radius 1 is 1.46 bits per heavy atom. The maximum atomic E-state index is 10.7. The summed E-state index contributed by atoms with van der Waals surface area (Å²) in [6.07, 6.45) is 6.73. The van der Waals surface area contributed by atoms with E-state index in [0.717, 1.165) is 24.6 Å². The van der Waals surface area contributed by atoms with Crippen molar-refractivity contribution in [2.45, 2.75) is 56.8 Å². The minimum absolute atomic E-state index is 0. The zero-order chi connectivity index (χ0) is 17.5.